The molecular formula is C19H21N3O4S. The molecule has 0 fully saturated rings. The van der Waals surface area contributed by atoms with Gasteiger partial charge in [-0.1, -0.05) is 19.1 Å². The van der Waals surface area contributed by atoms with Crippen molar-refractivity contribution < 1.29 is 14.5 Å². The molecule has 0 saturated heterocycles. The number of benzene rings is 2. The summed E-state index contributed by atoms with van der Waals surface area (Å²) < 4.78 is 5.71. The maximum absolute atomic E-state index is 12.4. The second-order valence-electron chi connectivity index (χ2n) is 6.03. The Balaban J connectivity index is 2.04. The van der Waals surface area contributed by atoms with Crippen molar-refractivity contribution in [2.24, 2.45) is 0 Å². The van der Waals surface area contributed by atoms with Crippen LogP contribution in [0.2, 0.25) is 0 Å². The average molecular weight is 387 g/mol. The number of nitro groups is 1. The maximum atomic E-state index is 12.4. The monoisotopic (exact) mass is 387 g/mol. The molecule has 0 saturated carbocycles. The first-order valence-electron chi connectivity index (χ1n) is 8.44. The fourth-order valence-electron chi connectivity index (χ4n) is 2.25. The molecule has 0 spiro atoms. The molecular weight excluding hydrogens is 366 g/mol. The zero-order valence-corrected chi connectivity index (χ0v) is 16.1. The fraction of sp³-hybridized carbons (Fsp3) is 0.263. The van der Waals surface area contributed by atoms with Gasteiger partial charge in [-0.2, -0.15) is 0 Å². The smallest absolute Gasteiger partial charge is 0.274 e. The third-order valence-electron chi connectivity index (χ3n) is 3.90. The van der Waals surface area contributed by atoms with Gasteiger partial charge in [0.05, 0.1) is 11.0 Å². The van der Waals surface area contributed by atoms with E-state index in [0.717, 1.165) is 6.42 Å². The summed E-state index contributed by atoms with van der Waals surface area (Å²) in [5, 5.41) is 16.4. The van der Waals surface area contributed by atoms with E-state index >= 15 is 0 Å². The zero-order chi connectivity index (χ0) is 20.0. The highest BCUT2D eigenvalue weighted by molar-refractivity contribution is 7.80. The van der Waals surface area contributed by atoms with Gasteiger partial charge in [0.25, 0.3) is 11.6 Å². The second-order valence-corrected chi connectivity index (χ2v) is 6.44. The minimum Gasteiger partial charge on any atom is -0.491 e. The number of thiocarbonyl (C=S) groups is 1. The summed E-state index contributed by atoms with van der Waals surface area (Å²) in [7, 11) is 0. The summed E-state index contributed by atoms with van der Waals surface area (Å²) in [6.07, 6.45) is 0.899. The Bertz CT molecular complexity index is 870. The van der Waals surface area contributed by atoms with Gasteiger partial charge in [0, 0.05) is 22.9 Å². The van der Waals surface area contributed by atoms with E-state index in [2.05, 4.69) is 10.6 Å². The molecule has 0 aliphatic rings. The number of carbonyl (C=O) groups is 1. The lowest BCUT2D eigenvalue weighted by Crippen LogP contribution is -2.34. The maximum Gasteiger partial charge on any atom is 0.274 e. The first-order valence-corrected chi connectivity index (χ1v) is 8.85. The number of carbonyl (C=O) groups excluding carboxylic acids is 1. The van der Waals surface area contributed by atoms with Crippen molar-refractivity contribution in [1.82, 2.24) is 5.32 Å². The van der Waals surface area contributed by atoms with Crippen LogP contribution in [0.5, 0.6) is 5.75 Å². The molecule has 0 aliphatic carbocycles. The van der Waals surface area contributed by atoms with Gasteiger partial charge in [0.2, 0.25) is 0 Å². The quantitative estimate of drug-likeness (QED) is 0.438. The van der Waals surface area contributed by atoms with Crippen LogP contribution in [0, 0.1) is 17.0 Å². The Morgan fingerprint density at radius 1 is 1.30 bits per heavy atom. The highest BCUT2D eigenvalue weighted by Gasteiger charge is 2.13. The number of ether oxygens (including phenoxy) is 1. The number of nitrogens with one attached hydrogen (secondary N) is 2. The van der Waals surface area contributed by atoms with Crippen LogP contribution >= 0.6 is 12.2 Å². The van der Waals surface area contributed by atoms with Crippen molar-refractivity contribution in [3.8, 4) is 5.75 Å². The number of aryl methyl sites for hydroxylation is 1. The van der Waals surface area contributed by atoms with Crippen LogP contribution < -0.4 is 15.4 Å². The number of amides is 1. The van der Waals surface area contributed by atoms with Crippen molar-refractivity contribution >= 4 is 34.6 Å². The Morgan fingerprint density at radius 3 is 2.70 bits per heavy atom. The van der Waals surface area contributed by atoms with Gasteiger partial charge in [0.1, 0.15) is 5.75 Å². The van der Waals surface area contributed by atoms with Crippen molar-refractivity contribution in [3.63, 3.8) is 0 Å². The van der Waals surface area contributed by atoms with E-state index in [0.29, 0.717) is 22.6 Å². The van der Waals surface area contributed by atoms with Gasteiger partial charge >= 0.3 is 0 Å². The molecule has 8 heteroatoms. The van der Waals surface area contributed by atoms with E-state index in [-0.39, 0.29) is 16.9 Å². The second kappa shape index (κ2) is 9.09. The van der Waals surface area contributed by atoms with Crippen molar-refractivity contribution in [2.45, 2.75) is 33.3 Å². The molecule has 0 aromatic heterocycles. The number of nitrogens with zero attached hydrogens (tertiary/aromatic N) is 1. The van der Waals surface area contributed by atoms with Crippen LogP contribution in [0.4, 0.5) is 11.4 Å². The van der Waals surface area contributed by atoms with Crippen molar-refractivity contribution in [2.75, 3.05) is 5.32 Å². The minimum atomic E-state index is -0.467. The molecule has 1 amide bonds. The molecule has 27 heavy (non-hydrogen) atoms. The SMILES string of the molecule is CCC(C)Oc1cccc(C(=O)NC(=S)Nc2ccc(C)c([N+](=O)[O-])c2)c1. The molecule has 2 aromatic carbocycles. The summed E-state index contributed by atoms with van der Waals surface area (Å²) in [6.45, 7) is 5.61. The molecule has 142 valence electrons. The van der Waals surface area contributed by atoms with Gasteiger partial charge in [0.15, 0.2) is 5.11 Å². The Hall–Kier alpha value is -3.00. The van der Waals surface area contributed by atoms with Crippen molar-refractivity contribution in [3.05, 3.63) is 63.7 Å². The summed E-state index contributed by atoms with van der Waals surface area (Å²) in [6, 6.07) is 11.4. The van der Waals surface area contributed by atoms with E-state index in [9.17, 15) is 14.9 Å². The lowest BCUT2D eigenvalue weighted by Gasteiger charge is -2.14. The molecule has 0 radical (unpaired) electrons. The highest BCUT2D eigenvalue weighted by atomic mass is 32.1. The summed E-state index contributed by atoms with van der Waals surface area (Å²) in [4.78, 5) is 22.9. The molecule has 0 bridgehead atoms. The molecule has 0 aliphatic heterocycles. The number of nitro benzene ring substituents is 1. The fourth-order valence-corrected chi connectivity index (χ4v) is 2.46. The van der Waals surface area contributed by atoms with Gasteiger partial charge in [-0.05, 0) is 56.8 Å². The van der Waals surface area contributed by atoms with E-state index in [1.807, 2.05) is 13.8 Å². The largest absolute Gasteiger partial charge is 0.491 e. The van der Waals surface area contributed by atoms with E-state index in [1.54, 1.807) is 43.3 Å². The zero-order valence-electron chi connectivity index (χ0n) is 15.3. The minimum absolute atomic E-state index is 0.0241. The van der Waals surface area contributed by atoms with Crippen LogP contribution in [-0.4, -0.2) is 22.0 Å². The lowest BCUT2D eigenvalue weighted by molar-refractivity contribution is -0.385. The van der Waals surface area contributed by atoms with Gasteiger partial charge < -0.3 is 10.1 Å². The summed E-state index contributed by atoms with van der Waals surface area (Å²) >= 11 is 5.13. The topological polar surface area (TPSA) is 93.5 Å². The molecule has 2 aromatic rings. The third-order valence-corrected chi connectivity index (χ3v) is 4.10. The van der Waals surface area contributed by atoms with Gasteiger partial charge in [-0.25, -0.2) is 0 Å². The Kier molecular flexibility index (Phi) is 6.84. The molecule has 1 atom stereocenters. The lowest BCUT2D eigenvalue weighted by atomic mass is 10.2. The van der Waals surface area contributed by atoms with Gasteiger partial charge in [-0.15, -0.1) is 0 Å². The van der Waals surface area contributed by atoms with Gasteiger partial charge in [-0.3, -0.25) is 20.2 Å². The third kappa shape index (κ3) is 5.75. The predicted molar refractivity (Wildman–Crippen MR) is 108 cm³/mol. The summed E-state index contributed by atoms with van der Waals surface area (Å²) in [5.41, 5.74) is 1.34. The number of rotatable bonds is 6. The number of hydrogen-bond donors (Lipinski definition) is 2. The Labute approximate surface area is 162 Å². The first kappa shape index (κ1) is 20.3. The number of hydrogen-bond acceptors (Lipinski definition) is 5. The standard InChI is InChI=1S/C19H21N3O4S/c1-4-13(3)26-16-7-5-6-14(10-16)18(23)21-19(27)20-15-9-8-12(2)17(11-15)22(24)25/h5-11,13H,4H2,1-3H3,(H2,20,21,23,27). The van der Waals surface area contributed by atoms with E-state index in [4.69, 9.17) is 17.0 Å². The average Bonchev–Trinajstić information content (AvgIpc) is 2.63. The van der Waals surface area contributed by atoms with Crippen molar-refractivity contribution in [1.29, 1.82) is 0 Å². The van der Waals surface area contributed by atoms with E-state index in [1.165, 1.54) is 6.07 Å². The van der Waals surface area contributed by atoms with Crippen LogP contribution in [0.3, 0.4) is 0 Å². The molecule has 0 heterocycles. The molecule has 1 unspecified atom stereocenters. The molecule has 2 N–H and O–H groups in total. The summed E-state index contributed by atoms with van der Waals surface area (Å²) in [5.74, 6) is 0.203. The normalized spacial score (nSPS) is 11.4. The van der Waals surface area contributed by atoms with Crippen LogP contribution in [0.25, 0.3) is 0 Å². The van der Waals surface area contributed by atoms with E-state index < -0.39 is 10.8 Å². The van der Waals surface area contributed by atoms with Crippen LogP contribution in [0.1, 0.15) is 36.2 Å². The van der Waals surface area contributed by atoms with Crippen LogP contribution in [-0.2, 0) is 0 Å². The van der Waals surface area contributed by atoms with Crippen LogP contribution in [0.15, 0.2) is 42.5 Å². The molecule has 7 nitrogen and oxygen atoms in total. The predicted octanol–water partition coefficient (Wildman–Crippen LogP) is 4.21. The highest BCUT2D eigenvalue weighted by Crippen LogP contribution is 2.22. The first-order chi connectivity index (χ1) is 12.8. The number of anilines is 1. The molecule has 2 rings (SSSR count). The Morgan fingerprint density at radius 2 is 2.04 bits per heavy atom.